The summed E-state index contributed by atoms with van der Waals surface area (Å²) in [5.41, 5.74) is 0. The molecule has 0 N–H and O–H groups in total. The van der Waals surface area contributed by atoms with E-state index < -0.39 is 10.7 Å². The van der Waals surface area contributed by atoms with Crippen LogP contribution in [0.3, 0.4) is 0 Å². The molecule has 12 heavy (non-hydrogen) atoms. The Labute approximate surface area is 100 Å². The quantitative estimate of drug-likeness (QED) is 0.726. The summed E-state index contributed by atoms with van der Waals surface area (Å²) in [5, 5.41) is 0. The van der Waals surface area contributed by atoms with Crippen LogP contribution >= 0.6 is 0 Å². The van der Waals surface area contributed by atoms with Crippen molar-refractivity contribution in [3.63, 3.8) is 0 Å². The fourth-order valence-corrected chi connectivity index (χ4v) is 0.911. The van der Waals surface area contributed by atoms with Gasteiger partial charge in [0.2, 0.25) is 0 Å². The van der Waals surface area contributed by atoms with E-state index in [0.29, 0.717) is 4.90 Å². The smallest absolute Gasteiger partial charge is 0 e. The van der Waals surface area contributed by atoms with Gasteiger partial charge >= 0.3 is 0 Å². The minimum Gasteiger partial charge on any atom is -0.420 e. The van der Waals surface area contributed by atoms with Gasteiger partial charge in [-0.2, -0.15) is 0 Å². The summed E-state index contributed by atoms with van der Waals surface area (Å²) in [4.78, 5) is 0.331. The van der Waals surface area contributed by atoms with Gasteiger partial charge in [0.1, 0.15) is 0 Å². The molecule has 1 radical (unpaired) electrons. The molecule has 0 spiro atoms. The summed E-state index contributed by atoms with van der Waals surface area (Å²) in [6.45, 7) is 4.00. The van der Waals surface area contributed by atoms with E-state index in [-0.39, 0.29) is 32.7 Å². The number of hydrogen-bond acceptors (Lipinski definition) is 3. The molecule has 0 aliphatic carbocycles. The molecule has 4 heteroatoms. The average molecular weight is 260 g/mol. The zero-order chi connectivity index (χ0) is 8.69. The maximum atomic E-state index is 10.2. The van der Waals surface area contributed by atoms with E-state index >= 15 is 0 Å². The van der Waals surface area contributed by atoms with Crippen molar-refractivity contribution in [2.45, 2.75) is 18.7 Å². The van der Waals surface area contributed by atoms with Crippen LogP contribution in [0.15, 0.2) is 35.2 Å². The normalized spacial score (nSPS) is 7.92. The molecule has 0 aromatic heterocycles. The molecule has 1 aromatic rings. The molecule has 1 rings (SSSR count). The molecule has 0 fully saturated rings. The monoisotopic (exact) mass is 260 g/mol. The zero-order valence-corrected chi connectivity index (χ0v) is 10.8. The Hall–Kier alpha value is 0.274. The molecular weight excluding hydrogens is 249 g/mol. The van der Waals surface area contributed by atoms with Crippen molar-refractivity contribution in [2.75, 3.05) is 0 Å². The van der Waals surface area contributed by atoms with Gasteiger partial charge in [0.15, 0.2) is 0 Å². The molecule has 2 nitrogen and oxygen atoms in total. The Morgan fingerprint density at radius 2 is 1.42 bits per heavy atom. The second kappa shape index (κ2) is 9.36. The summed E-state index contributed by atoms with van der Waals surface area (Å²) in [7, 11) is -2.08. The van der Waals surface area contributed by atoms with Crippen LogP contribution in [0, 0.1) is 0 Å². The fraction of sp³-hybridized carbons (Fsp3) is 0.250. The van der Waals surface area contributed by atoms with E-state index in [1.54, 1.807) is 30.3 Å². The second-order valence-electron chi connectivity index (χ2n) is 1.55. The van der Waals surface area contributed by atoms with Crippen LogP contribution in [-0.4, -0.2) is 0 Å². The third kappa shape index (κ3) is 5.87. The molecule has 1 aromatic carbocycles. The summed E-state index contributed by atoms with van der Waals surface area (Å²) in [5.74, 6) is 0. The second-order valence-corrected chi connectivity index (χ2v) is 2.49. The Morgan fingerprint density at radius 3 is 1.67 bits per heavy atom. The van der Waals surface area contributed by atoms with Crippen LogP contribution in [0.4, 0.5) is 0 Å². The number of rotatable bonds is 1. The maximum Gasteiger partial charge on any atom is 0 e. The van der Waals surface area contributed by atoms with Gasteiger partial charge in [-0.15, -0.1) is 0 Å². The Morgan fingerprint density at radius 1 is 1.00 bits per heavy atom. The standard InChI is InChI=1S/C6H5O2S.C2H6.Y/c7-9(8)6-4-2-1-3-5-6;1-2;/h1-5H;1-2H3;/q-1;;. The van der Waals surface area contributed by atoms with Gasteiger partial charge in [0.25, 0.3) is 0 Å². The summed E-state index contributed by atoms with van der Waals surface area (Å²) >= 11 is 0. The molecule has 0 aliphatic rings. The zero-order valence-electron chi connectivity index (χ0n) is 7.19. The van der Waals surface area contributed by atoms with Gasteiger partial charge in [0, 0.05) is 32.7 Å². The predicted molar refractivity (Wildman–Crippen MR) is 44.8 cm³/mol. The van der Waals surface area contributed by atoms with Crippen molar-refractivity contribution in [2.24, 2.45) is 0 Å². The van der Waals surface area contributed by atoms with Gasteiger partial charge in [-0.3, -0.25) is 0 Å². The van der Waals surface area contributed by atoms with Crippen LogP contribution in [0.2, 0.25) is 0 Å². The summed E-state index contributed by atoms with van der Waals surface area (Å²) in [6, 6.07) is 8.23. The first-order valence-electron chi connectivity index (χ1n) is 3.45. The van der Waals surface area contributed by atoms with Crippen molar-refractivity contribution in [3.05, 3.63) is 30.3 Å². The van der Waals surface area contributed by atoms with E-state index in [0.717, 1.165) is 0 Å². The summed E-state index contributed by atoms with van der Waals surface area (Å²) < 4.78 is 20.4. The molecule has 65 valence electrons. The van der Waals surface area contributed by atoms with E-state index in [1.807, 2.05) is 13.8 Å². The van der Waals surface area contributed by atoms with Crippen LogP contribution in [0.5, 0.6) is 0 Å². The van der Waals surface area contributed by atoms with Crippen molar-refractivity contribution >= 4 is 10.7 Å². The Balaban J connectivity index is 0. The SMILES string of the molecule is CC.O=[S-](=O)c1ccccc1.[Y]. The van der Waals surface area contributed by atoms with Crippen molar-refractivity contribution in [3.8, 4) is 0 Å². The molecule has 0 heterocycles. The Kier molecular flexibility index (Phi) is 11.5. The summed E-state index contributed by atoms with van der Waals surface area (Å²) in [6.07, 6.45) is 0. The fourth-order valence-electron chi connectivity index (χ4n) is 0.532. The largest absolute Gasteiger partial charge is 0.420 e. The van der Waals surface area contributed by atoms with Crippen molar-refractivity contribution in [1.29, 1.82) is 0 Å². The molecule has 0 bridgehead atoms. The van der Waals surface area contributed by atoms with Crippen LogP contribution in [0.1, 0.15) is 13.8 Å². The van der Waals surface area contributed by atoms with Crippen molar-refractivity contribution in [1.82, 2.24) is 0 Å². The van der Waals surface area contributed by atoms with Gasteiger partial charge < -0.3 is 8.42 Å². The molecule has 0 unspecified atom stereocenters. The first-order chi connectivity index (χ1) is 5.30. The van der Waals surface area contributed by atoms with Gasteiger partial charge in [0.05, 0.1) is 0 Å². The molecule has 0 saturated carbocycles. The van der Waals surface area contributed by atoms with Gasteiger partial charge in [-0.25, -0.2) is 0 Å². The topological polar surface area (TPSA) is 34.1 Å². The molecule has 0 amide bonds. The van der Waals surface area contributed by atoms with Crippen molar-refractivity contribution < 1.29 is 41.1 Å². The predicted octanol–water partition coefficient (Wildman–Crippen LogP) is 2.38. The van der Waals surface area contributed by atoms with Crippen LogP contribution in [-0.2, 0) is 51.8 Å². The molecular formula is C8H11O2SY-. The number of hydrogen-bond donors (Lipinski definition) is 0. The van der Waals surface area contributed by atoms with E-state index in [9.17, 15) is 8.42 Å². The van der Waals surface area contributed by atoms with E-state index in [2.05, 4.69) is 0 Å². The van der Waals surface area contributed by atoms with Gasteiger partial charge in [-0.1, -0.05) is 49.1 Å². The number of benzene rings is 1. The maximum absolute atomic E-state index is 10.2. The van der Waals surface area contributed by atoms with E-state index in [1.165, 1.54) is 0 Å². The molecule has 0 aliphatic heterocycles. The van der Waals surface area contributed by atoms with Gasteiger partial charge in [-0.05, 0) is 10.7 Å². The first kappa shape index (κ1) is 14.8. The third-order valence-corrected chi connectivity index (χ3v) is 1.59. The molecule has 0 atom stereocenters. The molecule has 0 saturated heterocycles. The minimum atomic E-state index is -2.08. The van der Waals surface area contributed by atoms with Crippen LogP contribution in [0.25, 0.3) is 0 Å². The van der Waals surface area contributed by atoms with E-state index in [4.69, 9.17) is 0 Å². The average Bonchev–Trinajstić information content (AvgIpc) is 2.10. The Bertz CT molecular complexity index is 249. The third-order valence-electron chi connectivity index (χ3n) is 0.936. The first-order valence-corrected chi connectivity index (χ1v) is 4.52. The minimum absolute atomic E-state index is 0. The van der Waals surface area contributed by atoms with Crippen LogP contribution < -0.4 is 0 Å².